The molecule has 1 fully saturated rings. The quantitative estimate of drug-likeness (QED) is 0.603. The Morgan fingerprint density at radius 3 is 3.08 bits per heavy atom. The van der Waals surface area contributed by atoms with Crippen LogP contribution in [0.4, 0.5) is 0 Å². The fourth-order valence-electron chi connectivity index (χ4n) is 1.37. The van der Waals surface area contributed by atoms with Gasteiger partial charge >= 0.3 is 0 Å². The van der Waals surface area contributed by atoms with Crippen molar-refractivity contribution in [3.8, 4) is 0 Å². The van der Waals surface area contributed by atoms with Gasteiger partial charge in [0.05, 0.1) is 6.10 Å². The van der Waals surface area contributed by atoms with Crippen molar-refractivity contribution < 1.29 is 14.6 Å². The number of aliphatic hydroxyl groups excluding tert-OH is 1. The summed E-state index contributed by atoms with van der Waals surface area (Å²) in [6, 6.07) is 0. The van der Waals surface area contributed by atoms with Crippen molar-refractivity contribution in [1.29, 1.82) is 0 Å². The standard InChI is InChI=1S/C8H15NO3/c1-12-3-2-7(10)6-4-8(11)9-5-6/h6-7,10H,2-5H2,1H3,(H,9,11)/t6-,7?/m1/s1. The first-order chi connectivity index (χ1) is 5.74. The van der Waals surface area contributed by atoms with E-state index in [1.807, 2.05) is 0 Å². The topological polar surface area (TPSA) is 58.6 Å². The summed E-state index contributed by atoms with van der Waals surface area (Å²) in [5.74, 6) is 0.115. The molecule has 1 aliphatic rings. The van der Waals surface area contributed by atoms with Crippen LogP contribution < -0.4 is 5.32 Å². The number of carbonyl (C=O) groups is 1. The number of hydrogen-bond donors (Lipinski definition) is 2. The minimum absolute atomic E-state index is 0.0384. The Morgan fingerprint density at radius 2 is 2.58 bits per heavy atom. The van der Waals surface area contributed by atoms with Gasteiger partial charge in [0.25, 0.3) is 0 Å². The lowest BCUT2D eigenvalue weighted by Crippen LogP contribution is -2.24. The monoisotopic (exact) mass is 173 g/mol. The molecule has 0 saturated carbocycles. The number of carbonyl (C=O) groups excluding carboxylic acids is 1. The van der Waals surface area contributed by atoms with Crippen molar-refractivity contribution in [1.82, 2.24) is 5.32 Å². The van der Waals surface area contributed by atoms with E-state index in [0.29, 0.717) is 26.0 Å². The molecule has 1 heterocycles. The number of amides is 1. The van der Waals surface area contributed by atoms with Gasteiger partial charge in [-0.15, -0.1) is 0 Å². The fraction of sp³-hybridized carbons (Fsp3) is 0.875. The van der Waals surface area contributed by atoms with Crippen LogP contribution in [0.2, 0.25) is 0 Å². The van der Waals surface area contributed by atoms with Gasteiger partial charge in [0.1, 0.15) is 0 Å². The molecule has 4 heteroatoms. The van der Waals surface area contributed by atoms with E-state index in [9.17, 15) is 9.90 Å². The third kappa shape index (κ3) is 2.46. The average molecular weight is 173 g/mol. The number of nitrogens with one attached hydrogen (secondary N) is 1. The normalized spacial score (nSPS) is 25.5. The maximum absolute atomic E-state index is 10.8. The van der Waals surface area contributed by atoms with Crippen LogP contribution in [-0.4, -0.2) is 37.4 Å². The molecular formula is C8H15NO3. The minimum Gasteiger partial charge on any atom is -0.393 e. The van der Waals surface area contributed by atoms with E-state index in [1.54, 1.807) is 7.11 Å². The third-order valence-electron chi connectivity index (χ3n) is 2.17. The molecule has 70 valence electrons. The summed E-state index contributed by atoms with van der Waals surface area (Å²) in [6.07, 6.45) is 0.643. The van der Waals surface area contributed by atoms with Gasteiger partial charge < -0.3 is 15.2 Å². The molecule has 0 spiro atoms. The second-order valence-electron chi connectivity index (χ2n) is 3.12. The zero-order chi connectivity index (χ0) is 8.97. The molecule has 1 aliphatic heterocycles. The fourth-order valence-corrected chi connectivity index (χ4v) is 1.37. The molecule has 0 aliphatic carbocycles. The van der Waals surface area contributed by atoms with Crippen LogP contribution in [-0.2, 0) is 9.53 Å². The predicted octanol–water partition coefficient (Wildman–Crippen LogP) is -0.480. The Labute approximate surface area is 71.9 Å². The first kappa shape index (κ1) is 9.48. The Hall–Kier alpha value is -0.610. The van der Waals surface area contributed by atoms with Crippen LogP contribution in [0, 0.1) is 5.92 Å². The van der Waals surface area contributed by atoms with E-state index in [-0.39, 0.29) is 11.8 Å². The summed E-state index contributed by atoms with van der Waals surface area (Å²) < 4.78 is 4.83. The van der Waals surface area contributed by atoms with Crippen LogP contribution in [0.15, 0.2) is 0 Å². The van der Waals surface area contributed by atoms with Crippen LogP contribution in [0.5, 0.6) is 0 Å². The molecule has 0 radical (unpaired) electrons. The molecule has 4 nitrogen and oxygen atoms in total. The highest BCUT2D eigenvalue weighted by Crippen LogP contribution is 2.15. The zero-order valence-corrected chi connectivity index (χ0v) is 7.25. The molecular weight excluding hydrogens is 158 g/mol. The van der Waals surface area contributed by atoms with E-state index in [1.165, 1.54) is 0 Å². The summed E-state index contributed by atoms with van der Waals surface area (Å²) in [5.41, 5.74) is 0. The van der Waals surface area contributed by atoms with Crippen molar-refractivity contribution in [3.63, 3.8) is 0 Å². The Bertz CT molecular complexity index is 160. The number of rotatable bonds is 4. The lowest BCUT2D eigenvalue weighted by Gasteiger charge is -2.14. The lowest BCUT2D eigenvalue weighted by molar-refractivity contribution is -0.119. The Kier molecular flexibility index (Phi) is 3.49. The summed E-state index contributed by atoms with van der Waals surface area (Å²) in [7, 11) is 1.60. The summed E-state index contributed by atoms with van der Waals surface area (Å²) in [5, 5.41) is 12.2. The van der Waals surface area contributed by atoms with Gasteiger partial charge in [0, 0.05) is 32.6 Å². The molecule has 0 bridgehead atoms. The number of hydrogen-bond acceptors (Lipinski definition) is 3. The molecule has 0 aromatic heterocycles. The average Bonchev–Trinajstić information content (AvgIpc) is 2.47. The van der Waals surface area contributed by atoms with Crippen LogP contribution in [0.25, 0.3) is 0 Å². The maximum Gasteiger partial charge on any atom is 0.220 e. The van der Waals surface area contributed by atoms with Crippen molar-refractivity contribution in [3.05, 3.63) is 0 Å². The van der Waals surface area contributed by atoms with Gasteiger partial charge in [0.2, 0.25) is 5.91 Å². The first-order valence-corrected chi connectivity index (χ1v) is 4.17. The van der Waals surface area contributed by atoms with Crippen molar-refractivity contribution >= 4 is 5.91 Å². The largest absolute Gasteiger partial charge is 0.393 e. The molecule has 12 heavy (non-hydrogen) atoms. The molecule has 2 N–H and O–H groups in total. The highest BCUT2D eigenvalue weighted by atomic mass is 16.5. The highest BCUT2D eigenvalue weighted by Gasteiger charge is 2.27. The molecule has 1 amide bonds. The number of methoxy groups -OCH3 is 1. The van der Waals surface area contributed by atoms with Crippen molar-refractivity contribution in [2.45, 2.75) is 18.9 Å². The zero-order valence-electron chi connectivity index (χ0n) is 7.25. The second kappa shape index (κ2) is 4.42. The van der Waals surface area contributed by atoms with Gasteiger partial charge in [-0.3, -0.25) is 4.79 Å². The molecule has 1 unspecified atom stereocenters. The van der Waals surface area contributed by atoms with Gasteiger partial charge in [0.15, 0.2) is 0 Å². The van der Waals surface area contributed by atoms with Crippen LogP contribution in [0.3, 0.4) is 0 Å². The SMILES string of the molecule is COCCC(O)[C@H]1CNC(=O)C1. The Morgan fingerprint density at radius 1 is 1.83 bits per heavy atom. The third-order valence-corrected chi connectivity index (χ3v) is 2.17. The lowest BCUT2D eigenvalue weighted by atomic mass is 9.99. The van der Waals surface area contributed by atoms with E-state index in [0.717, 1.165) is 0 Å². The molecule has 1 rings (SSSR count). The maximum atomic E-state index is 10.8. The van der Waals surface area contributed by atoms with Gasteiger partial charge in [-0.05, 0) is 6.42 Å². The minimum atomic E-state index is -0.413. The molecule has 0 aromatic rings. The van der Waals surface area contributed by atoms with Crippen molar-refractivity contribution in [2.24, 2.45) is 5.92 Å². The van der Waals surface area contributed by atoms with Gasteiger partial charge in [-0.25, -0.2) is 0 Å². The van der Waals surface area contributed by atoms with Gasteiger partial charge in [-0.1, -0.05) is 0 Å². The van der Waals surface area contributed by atoms with E-state index < -0.39 is 6.10 Å². The Balaban J connectivity index is 2.23. The molecule has 0 aromatic carbocycles. The molecule has 1 saturated heterocycles. The van der Waals surface area contributed by atoms with E-state index >= 15 is 0 Å². The number of ether oxygens (including phenoxy) is 1. The van der Waals surface area contributed by atoms with Gasteiger partial charge in [-0.2, -0.15) is 0 Å². The van der Waals surface area contributed by atoms with E-state index in [2.05, 4.69) is 5.32 Å². The summed E-state index contributed by atoms with van der Waals surface area (Å²) in [4.78, 5) is 10.8. The highest BCUT2D eigenvalue weighted by molar-refractivity contribution is 5.78. The second-order valence-corrected chi connectivity index (χ2v) is 3.12. The first-order valence-electron chi connectivity index (χ1n) is 4.17. The summed E-state index contributed by atoms with van der Waals surface area (Å²) >= 11 is 0. The number of aliphatic hydroxyl groups is 1. The van der Waals surface area contributed by atoms with Crippen molar-refractivity contribution in [2.75, 3.05) is 20.3 Å². The predicted molar refractivity (Wildman–Crippen MR) is 43.6 cm³/mol. The van der Waals surface area contributed by atoms with Crippen LogP contribution in [0.1, 0.15) is 12.8 Å². The van der Waals surface area contributed by atoms with Crippen LogP contribution >= 0.6 is 0 Å². The molecule has 2 atom stereocenters. The smallest absolute Gasteiger partial charge is 0.220 e. The summed E-state index contributed by atoms with van der Waals surface area (Å²) in [6.45, 7) is 1.15. The van der Waals surface area contributed by atoms with E-state index in [4.69, 9.17) is 4.74 Å².